The average molecular weight is 424 g/mol. The molecule has 2 N–H and O–H groups in total. The van der Waals surface area contributed by atoms with Crippen LogP contribution < -0.4 is 15.5 Å². The van der Waals surface area contributed by atoms with Crippen molar-refractivity contribution < 1.29 is 4.79 Å². The van der Waals surface area contributed by atoms with Gasteiger partial charge in [0.25, 0.3) is 0 Å². The van der Waals surface area contributed by atoms with Gasteiger partial charge in [0.1, 0.15) is 0 Å². The minimum atomic E-state index is -0.160. The Hall–Kier alpha value is -3.53. The summed E-state index contributed by atoms with van der Waals surface area (Å²) in [4.78, 5) is 15.7. The van der Waals surface area contributed by atoms with Gasteiger partial charge in [0.05, 0.1) is 17.4 Å². The molecule has 3 aromatic carbocycles. The van der Waals surface area contributed by atoms with Crippen molar-refractivity contribution in [1.29, 1.82) is 0 Å². The van der Waals surface area contributed by atoms with E-state index < -0.39 is 0 Å². The molecule has 1 aliphatic carbocycles. The Balaban J connectivity index is 1.57. The summed E-state index contributed by atoms with van der Waals surface area (Å²) >= 11 is 0. The lowest BCUT2D eigenvalue weighted by Crippen LogP contribution is -2.27. The largest absolute Gasteiger partial charge is 0.378 e. The van der Waals surface area contributed by atoms with Gasteiger partial charge in [-0.3, -0.25) is 4.79 Å². The molecule has 1 heterocycles. The number of nitrogens with zero attached hydrogens (tertiary/aromatic N) is 1. The molecule has 1 aliphatic heterocycles. The minimum Gasteiger partial charge on any atom is -0.378 e. The van der Waals surface area contributed by atoms with Gasteiger partial charge < -0.3 is 15.5 Å². The van der Waals surface area contributed by atoms with Crippen LogP contribution in [0.4, 0.5) is 17.1 Å². The molecule has 2 aliphatic rings. The van der Waals surface area contributed by atoms with Crippen LogP contribution in [-0.4, -0.2) is 19.9 Å². The van der Waals surface area contributed by atoms with E-state index in [0.717, 1.165) is 34.6 Å². The number of carbonyl (C=O) groups is 1. The fourth-order valence-corrected chi connectivity index (χ4v) is 4.92. The van der Waals surface area contributed by atoms with E-state index in [4.69, 9.17) is 0 Å². The third-order valence-electron chi connectivity index (χ3n) is 6.69. The summed E-state index contributed by atoms with van der Waals surface area (Å²) in [5, 5.41) is 7.30. The molecule has 2 unspecified atom stereocenters. The van der Waals surface area contributed by atoms with Crippen molar-refractivity contribution in [2.75, 3.05) is 29.6 Å². The van der Waals surface area contributed by atoms with Crippen LogP contribution in [0, 0.1) is 6.92 Å². The maximum atomic E-state index is 13.6. The first-order valence-electron chi connectivity index (χ1n) is 11.2. The second-order valence-electron chi connectivity index (χ2n) is 9.01. The number of carbonyl (C=O) groups excluding carboxylic acids is 1. The fraction of sp³-hybridized carbons (Fsp3) is 0.250. The van der Waals surface area contributed by atoms with Crippen molar-refractivity contribution in [3.05, 3.63) is 101 Å². The molecule has 4 heteroatoms. The van der Waals surface area contributed by atoms with E-state index in [1.54, 1.807) is 0 Å². The van der Waals surface area contributed by atoms with E-state index in [-0.39, 0.29) is 17.7 Å². The van der Waals surface area contributed by atoms with Gasteiger partial charge >= 0.3 is 0 Å². The lowest BCUT2D eigenvalue weighted by atomic mass is 9.78. The average Bonchev–Trinajstić information content (AvgIpc) is 2.96. The quantitative estimate of drug-likeness (QED) is 0.539. The number of hydrogen-bond donors (Lipinski definition) is 2. The SMILES string of the molecule is Cc1ccccc1C1Nc2ccccc2NC2=C1C(=O)CC(c1ccc(N(C)C)cc1)C2. The molecule has 32 heavy (non-hydrogen) atoms. The van der Waals surface area contributed by atoms with Crippen molar-refractivity contribution in [2.45, 2.75) is 31.7 Å². The van der Waals surface area contributed by atoms with Crippen LogP contribution in [-0.2, 0) is 4.79 Å². The van der Waals surface area contributed by atoms with E-state index in [0.29, 0.717) is 6.42 Å². The predicted molar refractivity (Wildman–Crippen MR) is 132 cm³/mol. The number of aryl methyl sites for hydroxylation is 1. The first-order chi connectivity index (χ1) is 15.5. The highest BCUT2D eigenvalue weighted by Gasteiger charge is 2.36. The van der Waals surface area contributed by atoms with E-state index in [1.165, 1.54) is 16.8 Å². The monoisotopic (exact) mass is 423 g/mol. The zero-order valence-corrected chi connectivity index (χ0v) is 18.9. The number of para-hydroxylation sites is 2. The molecule has 162 valence electrons. The number of rotatable bonds is 3. The van der Waals surface area contributed by atoms with Gasteiger partial charge in [-0.25, -0.2) is 0 Å². The molecule has 0 fully saturated rings. The molecule has 0 amide bonds. The summed E-state index contributed by atoms with van der Waals surface area (Å²) in [6, 6.07) is 25.0. The van der Waals surface area contributed by atoms with Crippen LogP contribution in [0.2, 0.25) is 0 Å². The zero-order chi connectivity index (χ0) is 22.2. The maximum absolute atomic E-state index is 13.6. The van der Waals surface area contributed by atoms with Gasteiger partial charge in [-0.2, -0.15) is 0 Å². The van der Waals surface area contributed by atoms with Gasteiger partial charge in [0, 0.05) is 37.5 Å². The number of allylic oxidation sites excluding steroid dienone is 1. The van der Waals surface area contributed by atoms with Crippen LogP contribution in [0.5, 0.6) is 0 Å². The molecule has 0 aromatic heterocycles. The van der Waals surface area contributed by atoms with E-state index in [9.17, 15) is 4.79 Å². The van der Waals surface area contributed by atoms with Gasteiger partial charge in [0.15, 0.2) is 5.78 Å². The lowest BCUT2D eigenvalue weighted by molar-refractivity contribution is -0.116. The van der Waals surface area contributed by atoms with Crippen molar-refractivity contribution in [2.24, 2.45) is 0 Å². The van der Waals surface area contributed by atoms with E-state index in [2.05, 4.69) is 77.1 Å². The second-order valence-corrected chi connectivity index (χ2v) is 9.01. The number of benzene rings is 3. The molecule has 0 spiro atoms. The first-order valence-corrected chi connectivity index (χ1v) is 11.2. The summed E-state index contributed by atoms with van der Waals surface area (Å²) in [5.41, 5.74) is 8.68. The van der Waals surface area contributed by atoms with E-state index >= 15 is 0 Å². The Kier molecular flexibility index (Phi) is 5.22. The van der Waals surface area contributed by atoms with Crippen LogP contribution in [0.15, 0.2) is 84.1 Å². The molecule has 0 saturated carbocycles. The van der Waals surface area contributed by atoms with Crippen molar-refractivity contribution in [3.8, 4) is 0 Å². The highest BCUT2D eigenvalue weighted by atomic mass is 16.1. The van der Waals surface area contributed by atoms with Crippen molar-refractivity contribution in [1.82, 2.24) is 0 Å². The molecule has 2 atom stereocenters. The Morgan fingerprint density at radius 3 is 2.25 bits per heavy atom. The predicted octanol–water partition coefficient (Wildman–Crippen LogP) is 6.04. The Morgan fingerprint density at radius 1 is 0.844 bits per heavy atom. The van der Waals surface area contributed by atoms with Crippen LogP contribution in [0.3, 0.4) is 0 Å². The number of nitrogens with one attached hydrogen (secondary N) is 2. The standard InChI is InChI=1S/C28H29N3O/c1-18-8-4-5-9-22(18)28-27-25(29-23-10-6-7-11-24(23)30-28)16-20(17-26(27)32)19-12-14-21(15-13-19)31(2)3/h4-15,20,28-30H,16-17H2,1-3H3. The number of anilines is 3. The molecule has 0 saturated heterocycles. The summed E-state index contributed by atoms with van der Waals surface area (Å²) < 4.78 is 0. The second kappa shape index (κ2) is 8.19. The molecule has 4 nitrogen and oxygen atoms in total. The summed E-state index contributed by atoms with van der Waals surface area (Å²) in [6.07, 6.45) is 1.35. The normalized spacial score (nSPS) is 19.9. The third kappa shape index (κ3) is 3.66. The number of fused-ring (bicyclic) bond motifs is 1. The number of ketones is 1. The zero-order valence-electron chi connectivity index (χ0n) is 18.9. The van der Waals surface area contributed by atoms with Gasteiger partial charge in [-0.15, -0.1) is 0 Å². The Bertz CT molecular complexity index is 1190. The highest BCUT2D eigenvalue weighted by Crippen LogP contribution is 2.44. The van der Waals surface area contributed by atoms with Gasteiger partial charge in [0.2, 0.25) is 0 Å². The summed E-state index contributed by atoms with van der Waals surface area (Å²) in [6.45, 7) is 2.11. The van der Waals surface area contributed by atoms with Gasteiger partial charge in [-0.1, -0.05) is 48.5 Å². The lowest BCUT2D eigenvalue weighted by Gasteiger charge is -2.30. The summed E-state index contributed by atoms with van der Waals surface area (Å²) in [7, 11) is 4.09. The Morgan fingerprint density at radius 2 is 1.53 bits per heavy atom. The molecular weight excluding hydrogens is 394 g/mol. The topological polar surface area (TPSA) is 44.4 Å². The molecule has 3 aromatic rings. The maximum Gasteiger partial charge on any atom is 0.163 e. The molecule has 0 radical (unpaired) electrons. The first kappa shape index (κ1) is 20.4. The molecular formula is C28H29N3O. The Labute approximate surface area is 190 Å². The van der Waals surface area contributed by atoms with Crippen molar-refractivity contribution in [3.63, 3.8) is 0 Å². The minimum absolute atomic E-state index is 0.160. The third-order valence-corrected chi connectivity index (χ3v) is 6.69. The molecule has 5 rings (SSSR count). The van der Waals surface area contributed by atoms with E-state index in [1.807, 2.05) is 32.3 Å². The fourth-order valence-electron chi connectivity index (χ4n) is 4.92. The van der Waals surface area contributed by atoms with Crippen LogP contribution >= 0.6 is 0 Å². The smallest absolute Gasteiger partial charge is 0.163 e. The van der Waals surface area contributed by atoms with Crippen LogP contribution in [0.1, 0.15) is 41.5 Å². The number of Topliss-reactive ketones (excluding diaryl/α,β-unsaturated/α-hetero) is 1. The molecule has 0 bridgehead atoms. The van der Waals surface area contributed by atoms with Crippen LogP contribution in [0.25, 0.3) is 0 Å². The number of hydrogen-bond acceptors (Lipinski definition) is 4. The highest BCUT2D eigenvalue weighted by molar-refractivity contribution is 6.01. The van der Waals surface area contributed by atoms with Crippen molar-refractivity contribution >= 4 is 22.8 Å². The van der Waals surface area contributed by atoms with Gasteiger partial charge in [-0.05, 0) is 60.2 Å². The summed E-state index contributed by atoms with van der Waals surface area (Å²) in [5.74, 6) is 0.391.